The first-order valence-corrected chi connectivity index (χ1v) is 13.5. The third-order valence-electron chi connectivity index (χ3n) is 5.77. The van der Waals surface area contributed by atoms with Gasteiger partial charge < -0.3 is 19.3 Å². The Kier molecular flexibility index (Phi) is 10.8. The number of nitrogens with one attached hydrogen (secondary N) is 2. The van der Waals surface area contributed by atoms with Gasteiger partial charge in [-0.25, -0.2) is 14.8 Å². The number of carbonyl (C=O) groups excluding carboxylic acids is 2. The number of amides is 1. The highest BCUT2D eigenvalue weighted by Crippen LogP contribution is 2.45. The summed E-state index contributed by atoms with van der Waals surface area (Å²) in [4.78, 5) is 31.2. The van der Waals surface area contributed by atoms with E-state index in [1.54, 1.807) is 45.0 Å². The number of hydrogen-bond donors (Lipinski definition) is 3. The number of alkyl halides is 1. The molecule has 2 aromatic rings. The van der Waals surface area contributed by atoms with Crippen molar-refractivity contribution in [2.24, 2.45) is 4.99 Å². The van der Waals surface area contributed by atoms with Gasteiger partial charge in [-0.1, -0.05) is 34.1 Å². The van der Waals surface area contributed by atoms with Crippen LogP contribution in [0, 0.1) is 0 Å². The fourth-order valence-corrected chi connectivity index (χ4v) is 4.51. The second-order valence-corrected chi connectivity index (χ2v) is 10.8. The Labute approximate surface area is 236 Å². The van der Waals surface area contributed by atoms with Gasteiger partial charge in [0, 0.05) is 41.6 Å². The lowest BCUT2D eigenvalue weighted by Gasteiger charge is -2.31. The van der Waals surface area contributed by atoms with Crippen LogP contribution in [-0.4, -0.2) is 60.5 Å². The summed E-state index contributed by atoms with van der Waals surface area (Å²) >= 11 is 3.55. The molecule has 2 atom stereocenters. The molecule has 2 aromatic carbocycles. The summed E-state index contributed by atoms with van der Waals surface area (Å²) < 4.78 is 30.9. The molecule has 0 saturated heterocycles. The van der Waals surface area contributed by atoms with Crippen LogP contribution in [0.15, 0.2) is 58.0 Å². The highest BCUT2D eigenvalue weighted by atomic mass is 79.9. The first-order chi connectivity index (χ1) is 18.6. The maximum atomic E-state index is 13.7. The topological polar surface area (TPSA) is 118 Å². The van der Waals surface area contributed by atoms with E-state index < -0.39 is 35.8 Å². The Morgan fingerprint density at radius 1 is 1.18 bits per heavy atom. The number of aliphatic hydroxyl groups is 1. The van der Waals surface area contributed by atoms with Crippen LogP contribution in [0.1, 0.15) is 57.3 Å². The molecule has 0 saturated carbocycles. The Morgan fingerprint density at radius 2 is 1.90 bits per heavy atom. The zero-order valence-electron chi connectivity index (χ0n) is 22.3. The summed E-state index contributed by atoms with van der Waals surface area (Å²) in [6, 6.07) is 14.3. The first kappa shape index (κ1) is 30.5. The number of hydrogen-bond acceptors (Lipinski definition) is 8. The van der Waals surface area contributed by atoms with E-state index >= 15 is 0 Å². The van der Waals surface area contributed by atoms with Gasteiger partial charge in [0.15, 0.2) is 11.6 Å². The Balaban J connectivity index is 2.01. The van der Waals surface area contributed by atoms with Crippen LogP contribution < -0.4 is 15.6 Å². The van der Waals surface area contributed by atoms with Gasteiger partial charge in [0.25, 0.3) is 5.91 Å². The van der Waals surface area contributed by atoms with E-state index in [1.807, 2.05) is 24.3 Å². The predicted molar refractivity (Wildman–Crippen MR) is 148 cm³/mol. The minimum absolute atomic E-state index is 0.0249. The van der Waals surface area contributed by atoms with Crippen LogP contribution in [0.5, 0.6) is 5.75 Å². The number of hydrazine groups is 1. The molecule has 0 spiro atoms. The Hall–Kier alpha value is -3.02. The van der Waals surface area contributed by atoms with E-state index in [2.05, 4.69) is 26.8 Å². The summed E-state index contributed by atoms with van der Waals surface area (Å²) in [5, 5.41) is 8.97. The van der Waals surface area contributed by atoms with Crippen LogP contribution in [0.25, 0.3) is 0 Å². The lowest BCUT2D eigenvalue weighted by molar-refractivity contribution is -0.155. The summed E-state index contributed by atoms with van der Waals surface area (Å²) in [6.45, 7) is 4.93. The number of halogens is 2. The van der Waals surface area contributed by atoms with Crippen LogP contribution in [-0.2, 0) is 19.1 Å². The van der Waals surface area contributed by atoms with Crippen LogP contribution in [0.4, 0.5) is 4.39 Å². The molecule has 0 radical (unpaired) electrons. The number of ether oxygens (including phenoxy) is 3. The van der Waals surface area contributed by atoms with Crippen molar-refractivity contribution in [1.29, 1.82) is 0 Å². The standard InChI is InChI=1S/C28H35BrFN3O6/c1-27(2,3)39-23(35)13-14-28(26(36)33-31-16-15-30)24(21-7-4-5-8-22(21)29)38-25(32-28)19-9-11-20(12-10-19)37-18-6-17-34/h4-5,7-12,24,31,34H,6,13-18H2,1-3H3,(H,33,36)/t24-,28-/m0/s1. The molecule has 11 heteroatoms. The second-order valence-electron chi connectivity index (χ2n) is 9.97. The molecular weight excluding hydrogens is 573 g/mol. The van der Waals surface area contributed by atoms with Gasteiger partial charge in [-0.3, -0.25) is 15.0 Å². The van der Waals surface area contributed by atoms with Gasteiger partial charge in [0.05, 0.1) is 6.61 Å². The van der Waals surface area contributed by atoms with Gasteiger partial charge in [0.2, 0.25) is 5.90 Å². The number of nitrogens with zero attached hydrogens (tertiary/aromatic N) is 1. The maximum absolute atomic E-state index is 13.7. The van der Waals surface area contributed by atoms with E-state index in [-0.39, 0.29) is 31.9 Å². The molecule has 1 heterocycles. The number of esters is 1. The van der Waals surface area contributed by atoms with Gasteiger partial charge in [-0.2, -0.15) is 0 Å². The lowest BCUT2D eigenvalue weighted by Crippen LogP contribution is -2.53. The largest absolute Gasteiger partial charge is 0.494 e. The van der Waals surface area contributed by atoms with Gasteiger partial charge in [-0.15, -0.1) is 0 Å². The third-order valence-corrected chi connectivity index (χ3v) is 6.49. The molecule has 3 rings (SSSR count). The molecule has 1 aliphatic rings. The van der Waals surface area contributed by atoms with E-state index in [1.165, 1.54) is 0 Å². The number of aliphatic imine (C=N–C) groups is 1. The van der Waals surface area contributed by atoms with Crippen molar-refractivity contribution in [2.45, 2.75) is 57.3 Å². The van der Waals surface area contributed by atoms with Crippen LogP contribution in [0.3, 0.4) is 0 Å². The first-order valence-electron chi connectivity index (χ1n) is 12.8. The minimum atomic E-state index is -1.57. The predicted octanol–water partition coefficient (Wildman–Crippen LogP) is 4.18. The Morgan fingerprint density at radius 3 is 2.54 bits per heavy atom. The summed E-state index contributed by atoms with van der Waals surface area (Å²) in [5.74, 6) is -0.232. The number of carbonyl (C=O) groups is 2. The molecular formula is C28H35BrFN3O6. The van der Waals surface area contributed by atoms with Crippen molar-refractivity contribution >= 4 is 33.7 Å². The maximum Gasteiger partial charge on any atom is 0.306 e. The molecule has 0 aromatic heterocycles. The third kappa shape index (κ3) is 8.23. The summed E-state index contributed by atoms with van der Waals surface area (Å²) in [7, 11) is 0. The van der Waals surface area contributed by atoms with E-state index in [0.717, 1.165) is 0 Å². The number of rotatable bonds is 13. The van der Waals surface area contributed by atoms with E-state index in [0.29, 0.717) is 34.4 Å². The lowest BCUT2D eigenvalue weighted by atomic mass is 9.83. The van der Waals surface area contributed by atoms with Crippen molar-refractivity contribution in [1.82, 2.24) is 10.9 Å². The second kappa shape index (κ2) is 13.9. The van der Waals surface area contributed by atoms with Crippen molar-refractivity contribution in [3.05, 3.63) is 64.1 Å². The molecule has 39 heavy (non-hydrogen) atoms. The van der Waals surface area contributed by atoms with Crippen molar-refractivity contribution < 1.29 is 33.3 Å². The molecule has 0 bridgehead atoms. The van der Waals surface area contributed by atoms with Crippen LogP contribution in [0.2, 0.25) is 0 Å². The molecule has 1 amide bonds. The molecule has 212 valence electrons. The van der Waals surface area contributed by atoms with Crippen LogP contribution >= 0.6 is 15.9 Å². The van der Waals surface area contributed by atoms with E-state index in [4.69, 9.17) is 24.3 Å². The smallest absolute Gasteiger partial charge is 0.306 e. The van der Waals surface area contributed by atoms with Gasteiger partial charge >= 0.3 is 5.97 Å². The normalized spacial score (nSPS) is 18.7. The minimum Gasteiger partial charge on any atom is -0.494 e. The zero-order chi connectivity index (χ0) is 28.5. The van der Waals surface area contributed by atoms with Crippen molar-refractivity contribution in [3.63, 3.8) is 0 Å². The molecule has 0 aliphatic carbocycles. The molecule has 9 nitrogen and oxygen atoms in total. The highest BCUT2D eigenvalue weighted by Gasteiger charge is 2.54. The fourth-order valence-electron chi connectivity index (χ4n) is 4.02. The van der Waals surface area contributed by atoms with Crippen molar-refractivity contribution in [3.8, 4) is 5.75 Å². The monoisotopic (exact) mass is 607 g/mol. The summed E-state index contributed by atoms with van der Waals surface area (Å²) in [5.41, 5.74) is 4.11. The number of aliphatic hydroxyl groups excluding tert-OH is 1. The average Bonchev–Trinajstić information content (AvgIpc) is 3.28. The molecule has 0 unspecified atom stereocenters. The quantitative estimate of drug-likeness (QED) is 0.177. The summed E-state index contributed by atoms with van der Waals surface area (Å²) in [6.07, 6.45) is -0.523. The molecule has 1 aliphatic heterocycles. The fraction of sp³-hybridized carbons (Fsp3) is 0.464. The van der Waals surface area contributed by atoms with E-state index in [9.17, 15) is 14.0 Å². The zero-order valence-corrected chi connectivity index (χ0v) is 23.9. The Bertz CT molecular complexity index is 1150. The SMILES string of the molecule is CC(C)(C)OC(=O)CC[C@]1(C(=O)NNCCF)N=C(c2ccc(OCCCO)cc2)O[C@H]1c1ccccc1Br. The van der Waals surface area contributed by atoms with Gasteiger partial charge in [0.1, 0.15) is 18.0 Å². The number of benzene rings is 2. The van der Waals surface area contributed by atoms with Crippen molar-refractivity contribution in [2.75, 3.05) is 26.4 Å². The average molecular weight is 609 g/mol. The van der Waals surface area contributed by atoms with Gasteiger partial charge in [-0.05, 0) is 57.5 Å². The molecule has 3 N–H and O–H groups in total. The highest BCUT2D eigenvalue weighted by molar-refractivity contribution is 9.10. The molecule has 0 fully saturated rings.